The molecule has 0 bridgehead atoms. The quantitative estimate of drug-likeness (QED) is 0.620. The molecule has 1 fully saturated rings. The van der Waals surface area contributed by atoms with Crippen LogP contribution in [0.2, 0.25) is 0 Å². The van der Waals surface area contributed by atoms with Crippen LogP contribution in [0.1, 0.15) is 34.2 Å². The fourth-order valence-corrected chi connectivity index (χ4v) is 4.86. The predicted molar refractivity (Wildman–Crippen MR) is 130 cm³/mol. The summed E-state index contributed by atoms with van der Waals surface area (Å²) in [6.45, 7) is 14.1. The molecular formula is C25H29N3O2S. The molecular weight excluding hydrogens is 406 g/mol. The Morgan fingerprint density at radius 2 is 1.77 bits per heavy atom. The number of nitrogens with zero attached hydrogens (tertiary/aromatic N) is 2. The first-order chi connectivity index (χ1) is 14.7. The molecule has 0 aliphatic carbocycles. The average Bonchev–Trinajstić information content (AvgIpc) is 2.96. The SMILES string of the molecule is C=CCN1C(=O)[C@H](CC(=O)Nc2c(C)cc(C)cc2C)SC1=Nc1cc(C)ccc1C. The van der Waals surface area contributed by atoms with Gasteiger partial charge in [0.2, 0.25) is 11.8 Å². The van der Waals surface area contributed by atoms with Gasteiger partial charge in [0.05, 0.1) is 5.69 Å². The van der Waals surface area contributed by atoms with Crippen LogP contribution in [0.4, 0.5) is 11.4 Å². The number of nitrogens with one attached hydrogen (secondary N) is 1. The maximum atomic E-state index is 13.0. The second kappa shape index (κ2) is 9.52. The molecule has 0 unspecified atom stereocenters. The number of amides is 2. The monoisotopic (exact) mass is 435 g/mol. The van der Waals surface area contributed by atoms with Crippen molar-refractivity contribution in [2.45, 2.75) is 46.3 Å². The molecule has 1 aliphatic rings. The second-order valence-corrected chi connectivity index (χ2v) is 9.22. The average molecular weight is 436 g/mol. The fourth-order valence-electron chi connectivity index (χ4n) is 3.70. The minimum Gasteiger partial charge on any atom is -0.326 e. The van der Waals surface area contributed by atoms with E-state index in [1.165, 1.54) is 11.8 Å². The van der Waals surface area contributed by atoms with E-state index in [0.29, 0.717) is 11.7 Å². The van der Waals surface area contributed by atoms with Crippen LogP contribution >= 0.6 is 11.8 Å². The van der Waals surface area contributed by atoms with Crippen molar-refractivity contribution in [3.05, 3.63) is 70.8 Å². The van der Waals surface area contributed by atoms with E-state index in [2.05, 4.69) is 11.9 Å². The number of hydrogen-bond donors (Lipinski definition) is 1. The number of aliphatic imine (C=N–C) groups is 1. The summed E-state index contributed by atoms with van der Waals surface area (Å²) in [6, 6.07) is 10.1. The summed E-state index contributed by atoms with van der Waals surface area (Å²) in [5.41, 5.74) is 6.98. The zero-order valence-electron chi connectivity index (χ0n) is 18.8. The van der Waals surface area contributed by atoms with E-state index >= 15 is 0 Å². The van der Waals surface area contributed by atoms with Crippen molar-refractivity contribution >= 4 is 40.1 Å². The number of rotatable bonds is 6. The summed E-state index contributed by atoms with van der Waals surface area (Å²) in [7, 11) is 0. The second-order valence-electron chi connectivity index (χ2n) is 8.05. The van der Waals surface area contributed by atoms with Gasteiger partial charge in [-0.2, -0.15) is 0 Å². The Balaban J connectivity index is 1.80. The molecule has 0 aromatic heterocycles. The summed E-state index contributed by atoms with van der Waals surface area (Å²) >= 11 is 1.34. The van der Waals surface area contributed by atoms with Gasteiger partial charge in [-0.05, 0) is 62.9 Å². The highest BCUT2D eigenvalue weighted by molar-refractivity contribution is 8.15. The first kappa shape index (κ1) is 22.8. The Kier molecular flexibility index (Phi) is 7.01. The number of benzene rings is 2. The van der Waals surface area contributed by atoms with Gasteiger partial charge in [0.25, 0.3) is 0 Å². The Labute approximate surface area is 188 Å². The van der Waals surface area contributed by atoms with E-state index in [0.717, 1.165) is 39.2 Å². The van der Waals surface area contributed by atoms with Crippen LogP contribution < -0.4 is 5.32 Å². The molecule has 0 radical (unpaired) electrons. The molecule has 1 saturated heterocycles. The number of hydrogen-bond acceptors (Lipinski definition) is 4. The van der Waals surface area contributed by atoms with Gasteiger partial charge in [0, 0.05) is 18.7 Å². The van der Waals surface area contributed by atoms with E-state index in [-0.39, 0.29) is 18.2 Å². The summed E-state index contributed by atoms with van der Waals surface area (Å²) in [5.74, 6) is -0.283. The molecule has 5 nitrogen and oxygen atoms in total. The number of carbonyl (C=O) groups is 2. The van der Waals surface area contributed by atoms with Gasteiger partial charge in [-0.1, -0.05) is 47.7 Å². The number of thioether (sulfide) groups is 1. The molecule has 1 N–H and O–H groups in total. The van der Waals surface area contributed by atoms with Gasteiger partial charge in [0.1, 0.15) is 5.25 Å². The normalized spacial score (nSPS) is 17.3. The standard InChI is InChI=1S/C25H29N3O2S/c1-7-10-28-24(30)21(31-25(28)26-20-13-15(2)8-9-17(20)4)14-22(29)27-23-18(5)11-16(3)12-19(23)6/h7-9,11-13,21H,1,10,14H2,2-6H3,(H,27,29)/t21-/m0/s1. The van der Waals surface area contributed by atoms with Crippen molar-refractivity contribution in [1.29, 1.82) is 0 Å². The lowest BCUT2D eigenvalue weighted by molar-refractivity contribution is -0.127. The fraction of sp³-hybridized carbons (Fsp3) is 0.320. The van der Waals surface area contributed by atoms with Crippen molar-refractivity contribution in [2.24, 2.45) is 4.99 Å². The number of anilines is 1. The minimum absolute atomic E-state index is 0.0930. The third-order valence-electron chi connectivity index (χ3n) is 5.22. The van der Waals surface area contributed by atoms with Crippen molar-refractivity contribution in [1.82, 2.24) is 4.90 Å². The van der Waals surface area contributed by atoms with Gasteiger partial charge in [-0.3, -0.25) is 14.5 Å². The first-order valence-electron chi connectivity index (χ1n) is 10.3. The summed E-state index contributed by atoms with van der Waals surface area (Å²) < 4.78 is 0. The largest absolute Gasteiger partial charge is 0.326 e. The van der Waals surface area contributed by atoms with Gasteiger partial charge in [-0.25, -0.2) is 4.99 Å². The number of aryl methyl sites for hydroxylation is 5. The van der Waals surface area contributed by atoms with E-state index < -0.39 is 5.25 Å². The van der Waals surface area contributed by atoms with Crippen LogP contribution in [0.5, 0.6) is 0 Å². The van der Waals surface area contributed by atoms with Crippen LogP contribution in [0.15, 0.2) is 48.0 Å². The lowest BCUT2D eigenvalue weighted by Gasteiger charge is -2.15. The molecule has 2 amide bonds. The van der Waals surface area contributed by atoms with Gasteiger partial charge >= 0.3 is 0 Å². The van der Waals surface area contributed by atoms with Crippen LogP contribution in [0, 0.1) is 34.6 Å². The lowest BCUT2D eigenvalue weighted by Crippen LogP contribution is -2.33. The van der Waals surface area contributed by atoms with E-state index in [1.807, 2.05) is 65.0 Å². The maximum Gasteiger partial charge on any atom is 0.242 e. The highest BCUT2D eigenvalue weighted by atomic mass is 32.2. The molecule has 31 heavy (non-hydrogen) atoms. The summed E-state index contributed by atoms with van der Waals surface area (Å²) in [5, 5.41) is 3.10. The third-order valence-corrected chi connectivity index (χ3v) is 6.40. The topological polar surface area (TPSA) is 61.8 Å². The Hall–Kier alpha value is -2.86. The summed E-state index contributed by atoms with van der Waals surface area (Å²) in [4.78, 5) is 32.2. The van der Waals surface area contributed by atoms with E-state index in [9.17, 15) is 9.59 Å². The van der Waals surface area contributed by atoms with Crippen LogP contribution in [-0.4, -0.2) is 33.7 Å². The molecule has 162 valence electrons. The number of carbonyl (C=O) groups excluding carboxylic acids is 2. The molecule has 1 atom stereocenters. The van der Waals surface area contributed by atoms with Crippen LogP contribution in [0.3, 0.4) is 0 Å². The highest BCUT2D eigenvalue weighted by Gasteiger charge is 2.38. The molecule has 0 spiro atoms. The molecule has 1 aliphatic heterocycles. The van der Waals surface area contributed by atoms with Gasteiger partial charge in [0.15, 0.2) is 5.17 Å². The molecule has 6 heteroatoms. The van der Waals surface area contributed by atoms with Crippen molar-refractivity contribution in [3.8, 4) is 0 Å². The Morgan fingerprint density at radius 3 is 2.42 bits per heavy atom. The zero-order chi connectivity index (χ0) is 22.7. The van der Waals surface area contributed by atoms with E-state index in [1.54, 1.807) is 11.0 Å². The van der Waals surface area contributed by atoms with Crippen molar-refractivity contribution < 1.29 is 9.59 Å². The summed E-state index contributed by atoms with van der Waals surface area (Å²) in [6.07, 6.45) is 1.77. The lowest BCUT2D eigenvalue weighted by atomic mass is 10.0. The number of amidine groups is 1. The van der Waals surface area contributed by atoms with E-state index in [4.69, 9.17) is 4.99 Å². The third kappa shape index (κ3) is 5.25. The van der Waals surface area contributed by atoms with Crippen molar-refractivity contribution in [3.63, 3.8) is 0 Å². The van der Waals surface area contributed by atoms with Crippen LogP contribution in [-0.2, 0) is 9.59 Å². The predicted octanol–water partition coefficient (Wildman–Crippen LogP) is 5.38. The maximum absolute atomic E-state index is 13.0. The van der Waals surface area contributed by atoms with Crippen LogP contribution in [0.25, 0.3) is 0 Å². The zero-order valence-corrected chi connectivity index (χ0v) is 19.6. The Morgan fingerprint density at radius 1 is 1.10 bits per heavy atom. The first-order valence-corrected chi connectivity index (χ1v) is 11.2. The molecule has 0 saturated carbocycles. The van der Waals surface area contributed by atoms with Crippen molar-refractivity contribution in [2.75, 3.05) is 11.9 Å². The van der Waals surface area contributed by atoms with Gasteiger partial charge < -0.3 is 5.32 Å². The molecule has 2 aromatic carbocycles. The molecule has 2 aromatic rings. The molecule has 1 heterocycles. The Bertz CT molecular complexity index is 1050. The smallest absolute Gasteiger partial charge is 0.242 e. The molecule has 3 rings (SSSR count). The van der Waals surface area contributed by atoms with Gasteiger partial charge in [-0.15, -0.1) is 6.58 Å². The minimum atomic E-state index is -0.505. The highest BCUT2D eigenvalue weighted by Crippen LogP contribution is 2.33.